The minimum Gasteiger partial charge on any atom is -0.311 e. The van der Waals surface area contributed by atoms with E-state index in [1.807, 2.05) is 0 Å². The van der Waals surface area contributed by atoms with Gasteiger partial charge in [-0.25, -0.2) is 0 Å². The predicted molar refractivity (Wildman–Crippen MR) is 86.8 cm³/mol. The van der Waals surface area contributed by atoms with Gasteiger partial charge in [0.15, 0.2) is 0 Å². The molecule has 3 aliphatic carbocycles. The summed E-state index contributed by atoms with van der Waals surface area (Å²) in [6.45, 7) is 9.97. The summed E-state index contributed by atoms with van der Waals surface area (Å²) in [4.78, 5) is 0. The summed E-state index contributed by atoms with van der Waals surface area (Å²) in [5.74, 6) is 2.01. The van der Waals surface area contributed by atoms with Crippen molar-refractivity contribution in [3.63, 3.8) is 0 Å². The highest BCUT2D eigenvalue weighted by Gasteiger charge is 2.61. The van der Waals surface area contributed by atoms with Crippen LogP contribution in [0.4, 0.5) is 0 Å². The topological polar surface area (TPSA) is 12.0 Å². The molecule has 0 heterocycles. The van der Waals surface area contributed by atoms with Crippen molar-refractivity contribution in [2.45, 2.75) is 97.6 Å². The van der Waals surface area contributed by atoms with Crippen LogP contribution >= 0.6 is 0 Å². The van der Waals surface area contributed by atoms with Crippen molar-refractivity contribution in [1.82, 2.24) is 5.32 Å². The Balaban J connectivity index is 1.56. The van der Waals surface area contributed by atoms with Gasteiger partial charge in [-0.05, 0) is 67.6 Å². The zero-order chi connectivity index (χ0) is 14.4. The second-order valence-electron chi connectivity index (χ2n) is 8.84. The largest absolute Gasteiger partial charge is 0.311 e. The van der Waals surface area contributed by atoms with Crippen LogP contribution in [-0.4, -0.2) is 12.1 Å². The average Bonchev–Trinajstić information content (AvgIpc) is 2.74. The first kappa shape index (κ1) is 14.9. The Morgan fingerprint density at radius 2 is 1.70 bits per heavy atom. The monoisotopic (exact) mass is 277 g/mol. The highest BCUT2D eigenvalue weighted by atomic mass is 15.0. The van der Waals surface area contributed by atoms with Crippen molar-refractivity contribution in [3.8, 4) is 0 Å². The summed E-state index contributed by atoms with van der Waals surface area (Å²) in [6, 6.07) is 1.61. The molecule has 1 nitrogen and oxygen atoms in total. The van der Waals surface area contributed by atoms with Crippen molar-refractivity contribution in [2.24, 2.45) is 22.7 Å². The molecule has 0 saturated heterocycles. The maximum Gasteiger partial charge on any atom is 0.0131 e. The van der Waals surface area contributed by atoms with Crippen LogP contribution in [0.1, 0.15) is 85.5 Å². The van der Waals surface area contributed by atoms with Crippen LogP contribution in [0.15, 0.2) is 0 Å². The second-order valence-corrected chi connectivity index (χ2v) is 8.84. The Hall–Kier alpha value is -0.0400. The lowest BCUT2D eigenvalue weighted by Gasteiger charge is -2.42. The second kappa shape index (κ2) is 5.30. The van der Waals surface area contributed by atoms with Crippen LogP contribution in [0.3, 0.4) is 0 Å². The van der Waals surface area contributed by atoms with E-state index in [4.69, 9.17) is 0 Å². The number of rotatable bonds is 4. The van der Waals surface area contributed by atoms with Crippen molar-refractivity contribution < 1.29 is 0 Å². The highest BCUT2D eigenvalue weighted by molar-refractivity contribution is 5.13. The van der Waals surface area contributed by atoms with Gasteiger partial charge in [0.1, 0.15) is 0 Å². The summed E-state index contributed by atoms with van der Waals surface area (Å²) in [5, 5.41) is 4.11. The SMILES string of the molecule is CCCC1CCC(NC2CC3CCC2(C)C3(C)C)CC1. The zero-order valence-electron chi connectivity index (χ0n) is 14.2. The molecule has 0 aliphatic heterocycles. The van der Waals surface area contributed by atoms with E-state index in [1.165, 1.54) is 57.8 Å². The first-order chi connectivity index (χ1) is 9.47. The molecule has 0 radical (unpaired) electrons. The summed E-state index contributed by atoms with van der Waals surface area (Å²) < 4.78 is 0. The molecule has 3 unspecified atom stereocenters. The van der Waals surface area contributed by atoms with Gasteiger partial charge < -0.3 is 5.32 Å². The van der Waals surface area contributed by atoms with E-state index in [0.717, 1.165) is 23.9 Å². The molecule has 1 N–H and O–H groups in total. The molecule has 3 fully saturated rings. The maximum atomic E-state index is 4.11. The van der Waals surface area contributed by atoms with Crippen LogP contribution in [0, 0.1) is 22.7 Å². The van der Waals surface area contributed by atoms with E-state index in [9.17, 15) is 0 Å². The van der Waals surface area contributed by atoms with Gasteiger partial charge in [-0.1, -0.05) is 40.5 Å². The fourth-order valence-corrected chi connectivity index (χ4v) is 5.77. The summed E-state index contributed by atoms with van der Waals surface area (Å²) >= 11 is 0. The molecule has 20 heavy (non-hydrogen) atoms. The van der Waals surface area contributed by atoms with Crippen molar-refractivity contribution in [2.75, 3.05) is 0 Å². The number of nitrogens with one attached hydrogen (secondary N) is 1. The number of fused-ring (bicyclic) bond motifs is 2. The van der Waals surface area contributed by atoms with Gasteiger partial charge in [0.25, 0.3) is 0 Å². The fourth-order valence-electron chi connectivity index (χ4n) is 5.77. The quantitative estimate of drug-likeness (QED) is 0.749. The van der Waals surface area contributed by atoms with E-state index in [2.05, 4.69) is 33.0 Å². The van der Waals surface area contributed by atoms with Crippen molar-refractivity contribution >= 4 is 0 Å². The van der Waals surface area contributed by atoms with Crippen LogP contribution in [0.5, 0.6) is 0 Å². The van der Waals surface area contributed by atoms with E-state index >= 15 is 0 Å². The van der Waals surface area contributed by atoms with Gasteiger partial charge >= 0.3 is 0 Å². The molecular weight excluding hydrogens is 242 g/mol. The van der Waals surface area contributed by atoms with Gasteiger partial charge in [0.05, 0.1) is 0 Å². The first-order valence-corrected chi connectivity index (χ1v) is 9.23. The normalized spacial score (nSPS) is 46.8. The fraction of sp³-hybridized carbons (Fsp3) is 1.00. The smallest absolute Gasteiger partial charge is 0.0131 e. The van der Waals surface area contributed by atoms with Crippen LogP contribution in [0.2, 0.25) is 0 Å². The van der Waals surface area contributed by atoms with Crippen LogP contribution < -0.4 is 5.32 Å². The maximum absolute atomic E-state index is 4.11. The van der Waals surface area contributed by atoms with Crippen molar-refractivity contribution in [3.05, 3.63) is 0 Å². The third-order valence-electron chi connectivity index (χ3n) is 7.77. The van der Waals surface area contributed by atoms with Gasteiger partial charge in [-0.2, -0.15) is 0 Å². The average molecular weight is 277 g/mol. The molecule has 2 bridgehead atoms. The lowest BCUT2D eigenvalue weighted by Crippen LogP contribution is -2.49. The minimum atomic E-state index is 0.554. The first-order valence-electron chi connectivity index (χ1n) is 9.23. The Morgan fingerprint density at radius 3 is 2.20 bits per heavy atom. The molecule has 0 aromatic carbocycles. The molecule has 0 aromatic rings. The third kappa shape index (κ3) is 2.25. The van der Waals surface area contributed by atoms with Crippen LogP contribution in [0.25, 0.3) is 0 Å². The van der Waals surface area contributed by atoms with Gasteiger partial charge in [0.2, 0.25) is 0 Å². The van der Waals surface area contributed by atoms with Gasteiger partial charge in [0, 0.05) is 12.1 Å². The molecule has 3 rings (SSSR count). The molecule has 0 amide bonds. The minimum absolute atomic E-state index is 0.554. The predicted octanol–water partition coefficient (Wildman–Crippen LogP) is 5.15. The van der Waals surface area contributed by atoms with E-state index in [0.29, 0.717) is 10.8 Å². The molecule has 1 heteroatoms. The standard InChI is InChI=1S/C19H35N/c1-5-6-14-7-9-16(10-8-14)20-17-13-15-11-12-19(17,4)18(15,2)3/h14-17,20H,5-13H2,1-4H3. The molecule has 0 aromatic heterocycles. The Labute approximate surface area is 126 Å². The molecular formula is C19H35N. The summed E-state index contributed by atoms with van der Waals surface area (Å²) in [7, 11) is 0. The lowest BCUT2D eigenvalue weighted by atomic mass is 9.69. The summed E-state index contributed by atoms with van der Waals surface area (Å²) in [6.07, 6.45) is 13.0. The molecule has 116 valence electrons. The number of hydrogen-bond donors (Lipinski definition) is 1. The zero-order valence-corrected chi connectivity index (χ0v) is 14.2. The third-order valence-corrected chi connectivity index (χ3v) is 7.77. The molecule has 0 spiro atoms. The Morgan fingerprint density at radius 1 is 1.00 bits per heavy atom. The van der Waals surface area contributed by atoms with Crippen molar-refractivity contribution in [1.29, 1.82) is 0 Å². The van der Waals surface area contributed by atoms with Gasteiger partial charge in [-0.3, -0.25) is 0 Å². The highest BCUT2D eigenvalue weighted by Crippen LogP contribution is 2.65. The molecule has 3 aliphatic rings. The van der Waals surface area contributed by atoms with E-state index in [1.54, 1.807) is 0 Å². The number of hydrogen-bond acceptors (Lipinski definition) is 1. The van der Waals surface area contributed by atoms with Gasteiger partial charge in [-0.15, -0.1) is 0 Å². The molecule has 3 atom stereocenters. The Bertz CT molecular complexity index is 340. The van der Waals surface area contributed by atoms with Crippen LogP contribution in [-0.2, 0) is 0 Å². The van der Waals surface area contributed by atoms with E-state index < -0.39 is 0 Å². The Kier molecular flexibility index (Phi) is 3.95. The summed E-state index contributed by atoms with van der Waals surface area (Å²) in [5.41, 5.74) is 1.11. The lowest BCUT2D eigenvalue weighted by molar-refractivity contribution is 0.108. The molecule has 3 saturated carbocycles. The van der Waals surface area contributed by atoms with E-state index in [-0.39, 0.29) is 0 Å².